The van der Waals surface area contributed by atoms with E-state index in [9.17, 15) is 18.0 Å². The first-order chi connectivity index (χ1) is 10.7. The van der Waals surface area contributed by atoms with Crippen molar-refractivity contribution in [3.63, 3.8) is 0 Å². The van der Waals surface area contributed by atoms with Crippen LogP contribution in [0, 0.1) is 0 Å². The molecule has 0 unspecified atom stereocenters. The number of unbranched alkanes of at least 4 members (excludes halogenated alkanes) is 1. The average Bonchev–Trinajstić information content (AvgIpc) is 2.45. The van der Waals surface area contributed by atoms with Crippen LogP contribution in [0.15, 0.2) is 24.3 Å². The van der Waals surface area contributed by atoms with E-state index in [2.05, 4.69) is 5.32 Å². The molecule has 8 nitrogen and oxygen atoms in total. The van der Waals surface area contributed by atoms with E-state index in [0.717, 1.165) is 12.8 Å². The quantitative estimate of drug-likeness (QED) is 0.448. The van der Waals surface area contributed by atoms with Crippen molar-refractivity contribution in [3.05, 3.63) is 29.8 Å². The summed E-state index contributed by atoms with van der Waals surface area (Å²) in [6.45, 7) is 2.38. The number of carboxylic acids is 1. The number of hydrogen-bond donors (Lipinski definition) is 3. The number of carbonyl (C=O) groups excluding carboxylic acids is 1. The van der Waals surface area contributed by atoms with Gasteiger partial charge in [0.05, 0.1) is 12.2 Å². The van der Waals surface area contributed by atoms with Crippen LogP contribution in [-0.2, 0) is 14.9 Å². The monoisotopic (exact) mass is 345 g/mol. The standard InChI is InChI=1S/C14H19NO7S/c1-2-3-8-22-12-7-5-4-6-10(12)13(16)15-11(14(17)18)9-23(19,20)21/h4-7,11H,2-3,8-9H2,1H3,(H,15,16)(H,17,18)(H,19,20,21)/t11-/m0/s1. The minimum atomic E-state index is -4.55. The summed E-state index contributed by atoms with van der Waals surface area (Å²) < 4.78 is 35.9. The Morgan fingerprint density at radius 1 is 1.30 bits per heavy atom. The largest absolute Gasteiger partial charge is 0.493 e. The van der Waals surface area contributed by atoms with Gasteiger partial charge in [0, 0.05) is 0 Å². The zero-order chi connectivity index (χ0) is 17.5. The number of aliphatic carboxylic acids is 1. The van der Waals surface area contributed by atoms with Crippen LogP contribution in [0.5, 0.6) is 5.75 Å². The number of nitrogens with one attached hydrogen (secondary N) is 1. The van der Waals surface area contributed by atoms with Crippen molar-refractivity contribution in [2.45, 2.75) is 25.8 Å². The Hall–Kier alpha value is -2.13. The van der Waals surface area contributed by atoms with Gasteiger partial charge >= 0.3 is 5.97 Å². The van der Waals surface area contributed by atoms with E-state index in [-0.39, 0.29) is 11.3 Å². The lowest BCUT2D eigenvalue weighted by atomic mass is 10.1. The molecule has 0 aliphatic carbocycles. The predicted octanol–water partition coefficient (Wildman–Crippen LogP) is 0.936. The van der Waals surface area contributed by atoms with Crippen molar-refractivity contribution in [3.8, 4) is 5.75 Å². The lowest BCUT2D eigenvalue weighted by Crippen LogP contribution is -2.45. The fourth-order valence-corrected chi connectivity index (χ4v) is 2.38. The number of benzene rings is 1. The first kappa shape index (κ1) is 18.9. The van der Waals surface area contributed by atoms with E-state index >= 15 is 0 Å². The van der Waals surface area contributed by atoms with E-state index in [1.165, 1.54) is 6.07 Å². The molecule has 1 rings (SSSR count). The smallest absolute Gasteiger partial charge is 0.327 e. The number of hydrogen-bond acceptors (Lipinski definition) is 5. The molecule has 0 aliphatic rings. The summed E-state index contributed by atoms with van der Waals surface area (Å²) in [6, 6.07) is 4.46. The molecule has 0 aliphatic heterocycles. The molecule has 0 radical (unpaired) electrons. The summed E-state index contributed by atoms with van der Waals surface area (Å²) in [4.78, 5) is 23.2. The zero-order valence-corrected chi connectivity index (χ0v) is 13.4. The summed E-state index contributed by atoms with van der Waals surface area (Å²) in [7, 11) is -4.55. The van der Waals surface area contributed by atoms with Crippen molar-refractivity contribution in [2.24, 2.45) is 0 Å². The molecule has 1 atom stereocenters. The molecule has 0 aromatic heterocycles. The van der Waals surface area contributed by atoms with Gasteiger partial charge in [0.1, 0.15) is 17.5 Å². The highest BCUT2D eigenvalue weighted by Crippen LogP contribution is 2.18. The first-order valence-electron chi connectivity index (χ1n) is 6.95. The van der Waals surface area contributed by atoms with Crippen LogP contribution < -0.4 is 10.1 Å². The Kier molecular flexibility index (Phi) is 6.98. The molecule has 9 heteroatoms. The van der Waals surface area contributed by atoms with Gasteiger partial charge in [0.15, 0.2) is 0 Å². The van der Waals surface area contributed by atoms with E-state index in [1.807, 2.05) is 6.92 Å². The summed E-state index contributed by atoms with van der Waals surface area (Å²) in [6.07, 6.45) is 1.69. The molecule has 0 saturated heterocycles. The third-order valence-corrected chi connectivity index (χ3v) is 3.62. The van der Waals surface area contributed by atoms with Crippen LogP contribution in [-0.4, -0.2) is 48.4 Å². The van der Waals surface area contributed by atoms with E-state index < -0.39 is 33.8 Å². The second kappa shape index (κ2) is 8.49. The molecule has 1 aromatic rings. The van der Waals surface area contributed by atoms with Gasteiger partial charge in [-0.05, 0) is 18.6 Å². The lowest BCUT2D eigenvalue weighted by molar-refractivity contribution is -0.138. The molecule has 128 valence electrons. The number of ether oxygens (including phenoxy) is 1. The van der Waals surface area contributed by atoms with Crippen LogP contribution in [0.2, 0.25) is 0 Å². The van der Waals surface area contributed by atoms with Gasteiger partial charge in [-0.3, -0.25) is 9.35 Å². The second-order valence-corrected chi connectivity index (χ2v) is 6.31. The highest BCUT2D eigenvalue weighted by molar-refractivity contribution is 7.85. The summed E-state index contributed by atoms with van der Waals surface area (Å²) in [5.74, 6) is -3.21. The fraction of sp³-hybridized carbons (Fsp3) is 0.429. The molecular weight excluding hydrogens is 326 g/mol. The lowest BCUT2D eigenvalue weighted by Gasteiger charge is -2.15. The molecule has 0 saturated carbocycles. The topological polar surface area (TPSA) is 130 Å². The van der Waals surface area contributed by atoms with Crippen molar-refractivity contribution < 1.29 is 32.4 Å². The van der Waals surface area contributed by atoms with Crippen molar-refractivity contribution >= 4 is 22.0 Å². The molecule has 0 spiro atoms. The van der Waals surface area contributed by atoms with Gasteiger partial charge in [0.25, 0.3) is 16.0 Å². The van der Waals surface area contributed by atoms with Crippen LogP contribution >= 0.6 is 0 Å². The Bertz CT molecular complexity index is 657. The summed E-state index contributed by atoms with van der Waals surface area (Å²) in [5, 5.41) is 11.0. The maximum atomic E-state index is 12.2. The predicted molar refractivity (Wildman–Crippen MR) is 82.2 cm³/mol. The first-order valence-corrected chi connectivity index (χ1v) is 8.56. The maximum Gasteiger partial charge on any atom is 0.327 e. The normalized spacial score (nSPS) is 12.4. The minimum absolute atomic E-state index is 0.0881. The van der Waals surface area contributed by atoms with Crippen LogP contribution in [0.3, 0.4) is 0 Å². The molecular formula is C14H19NO7S. The van der Waals surface area contributed by atoms with Crippen LogP contribution in [0.25, 0.3) is 0 Å². The zero-order valence-electron chi connectivity index (χ0n) is 12.6. The Balaban J connectivity index is 2.89. The van der Waals surface area contributed by atoms with E-state index in [4.69, 9.17) is 14.4 Å². The molecule has 0 heterocycles. The fourth-order valence-electron chi connectivity index (χ4n) is 1.73. The molecule has 3 N–H and O–H groups in total. The molecule has 0 bridgehead atoms. The third kappa shape index (κ3) is 6.66. The number of amides is 1. The Labute approximate surface area is 134 Å². The number of para-hydroxylation sites is 1. The van der Waals surface area contributed by atoms with Crippen molar-refractivity contribution in [1.29, 1.82) is 0 Å². The molecule has 1 aromatic carbocycles. The molecule has 0 fully saturated rings. The highest BCUT2D eigenvalue weighted by Gasteiger charge is 2.27. The second-order valence-electron chi connectivity index (χ2n) is 4.81. The van der Waals surface area contributed by atoms with Gasteiger partial charge in [-0.25, -0.2) is 4.79 Å². The van der Waals surface area contributed by atoms with Crippen LogP contribution in [0.1, 0.15) is 30.1 Å². The summed E-state index contributed by atoms with van der Waals surface area (Å²) in [5.41, 5.74) is 0.0881. The molecule has 23 heavy (non-hydrogen) atoms. The highest BCUT2D eigenvalue weighted by atomic mass is 32.2. The number of carboxylic acid groups (broad SMARTS) is 1. The maximum absolute atomic E-state index is 12.2. The van der Waals surface area contributed by atoms with E-state index in [1.54, 1.807) is 18.2 Å². The average molecular weight is 345 g/mol. The van der Waals surface area contributed by atoms with Crippen molar-refractivity contribution in [2.75, 3.05) is 12.4 Å². The number of rotatable bonds is 9. The van der Waals surface area contributed by atoms with Gasteiger partial charge in [-0.1, -0.05) is 25.5 Å². The molecule has 1 amide bonds. The summed E-state index contributed by atoms with van der Waals surface area (Å²) >= 11 is 0. The Morgan fingerprint density at radius 2 is 1.96 bits per heavy atom. The van der Waals surface area contributed by atoms with Crippen molar-refractivity contribution in [1.82, 2.24) is 5.32 Å². The van der Waals surface area contributed by atoms with Crippen LogP contribution in [0.4, 0.5) is 0 Å². The SMILES string of the molecule is CCCCOc1ccccc1C(=O)N[C@@H](CS(=O)(=O)O)C(=O)O. The van der Waals surface area contributed by atoms with Gasteiger partial charge in [0.2, 0.25) is 0 Å². The third-order valence-electron chi connectivity index (χ3n) is 2.87. The van der Waals surface area contributed by atoms with Gasteiger partial charge in [-0.15, -0.1) is 0 Å². The van der Waals surface area contributed by atoms with Gasteiger partial charge < -0.3 is 15.2 Å². The van der Waals surface area contributed by atoms with Gasteiger partial charge in [-0.2, -0.15) is 8.42 Å². The number of carbonyl (C=O) groups is 2. The minimum Gasteiger partial charge on any atom is -0.493 e. The Morgan fingerprint density at radius 3 is 2.52 bits per heavy atom. The van der Waals surface area contributed by atoms with E-state index in [0.29, 0.717) is 6.61 Å².